The molecule has 27 heavy (non-hydrogen) atoms. The lowest BCUT2D eigenvalue weighted by atomic mass is 10.1. The lowest BCUT2D eigenvalue weighted by Crippen LogP contribution is -2.31. The molecule has 1 aliphatic carbocycles. The summed E-state index contributed by atoms with van der Waals surface area (Å²) in [6.07, 6.45) is 5.58. The first kappa shape index (κ1) is 21.6. The van der Waals surface area contributed by atoms with Crippen LogP contribution in [0.3, 0.4) is 0 Å². The van der Waals surface area contributed by atoms with Crippen LogP contribution in [0.5, 0.6) is 0 Å². The second-order valence-corrected chi connectivity index (χ2v) is 7.10. The molecule has 3 N–H and O–H groups in total. The van der Waals surface area contributed by atoms with Crippen molar-refractivity contribution >= 4 is 0 Å². The van der Waals surface area contributed by atoms with E-state index in [-0.39, 0.29) is 12.7 Å². The van der Waals surface area contributed by atoms with Crippen molar-refractivity contribution in [2.75, 3.05) is 26.2 Å². The van der Waals surface area contributed by atoms with E-state index in [1.165, 1.54) is 43.5 Å². The van der Waals surface area contributed by atoms with E-state index in [1.54, 1.807) is 0 Å². The topological polar surface area (TPSA) is 63.9 Å². The predicted octanol–water partition coefficient (Wildman–Crippen LogP) is 2.79. The van der Waals surface area contributed by atoms with Gasteiger partial charge in [-0.05, 0) is 55.5 Å². The van der Waals surface area contributed by atoms with Crippen LogP contribution < -0.4 is 0 Å². The van der Waals surface area contributed by atoms with Gasteiger partial charge in [0.1, 0.15) is 0 Å². The van der Waals surface area contributed by atoms with Crippen molar-refractivity contribution < 1.29 is 15.3 Å². The smallest absolute Gasteiger partial charge is 0.0681 e. The highest BCUT2D eigenvalue weighted by Crippen LogP contribution is 2.20. The monoisotopic (exact) mass is 371 g/mol. The van der Waals surface area contributed by atoms with Gasteiger partial charge in [0, 0.05) is 6.54 Å². The molecule has 4 nitrogen and oxygen atoms in total. The van der Waals surface area contributed by atoms with Gasteiger partial charge in [-0.1, -0.05) is 61.0 Å². The fraction of sp³-hybridized carbons (Fsp3) is 0.478. The number of hydrogen-bond acceptors (Lipinski definition) is 4. The Morgan fingerprint density at radius 3 is 1.81 bits per heavy atom. The maximum absolute atomic E-state index is 9.25. The van der Waals surface area contributed by atoms with Crippen LogP contribution >= 0.6 is 0 Å². The first-order valence-electron chi connectivity index (χ1n) is 9.95. The molecule has 0 spiro atoms. The molecule has 0 amide bonds. The number of β-amino-alcohol motifs (C(OH)–C–C–N with tert-alkyl or cyclic N) is 1. The molecule has 0 saturated carbocycles. The third-order valence-electron chi connectivity index (χ3n) is 4.92. The van der Waals surface area contributed by atoms with E-state index < -0.39 is 0 Å². The van der Waals surface area contributed by atoms with Gasteiger partial charge in [-0.3, -0.25) is 0 Å². The van der Waals surface area contributed by atoms with Crippen molar-refractivity contribution in [1.82, 2.24) is 4.90 Å². The van der Waals surface area contributed by atoms with Gasteiger partial charge in [0.05, 0.1) is 19.3 Å². The number of piperidine rings is 1. The Balaban J connectivity index is 0.000000146. The Hall–Kier alpha value is -1.72. The summed E-state index contributed by atoms with van der Waals surface area (Å²) < 4.78 is 0. The van der Waals surface area contributed by atoms with Gasteiger partial charge in [0.15, 0.2) is 0 Å². The molecule has 2 aromatic rings. The fourth-order valence-electron chi connectivity index (χ4n) is 3.44. The molecule has 0 aromatic heterocycles. The van der Waals surface area contributed by atoms with Crippen LogP contribution in [-0.4, -0.2) is 52.6 Å². The Kier molecular flexibility index (Phi) is 10.1. The number of hydrogen-bond donors (Lipinski definition) is 3. The van der Waals surface area contributed by atoms with Gasteiger partial charge in [0.25, 0.3) is 0 Å². The summed E-state index contributed by atoms with van der Waals surface area (Å²) in [6.45, 7) is 3.72. The molecule has 4 rings (SSSR count). The zero-order chi connectivity index (χ0) is 19.3. The maximum Gasteiger partial charge on any atom is 0.0681 e. The number of nitrogens with zero attached hydrogens (tertiary/aromatic N) is 1. The quantitative estimate of drug-likeness (QED) is 0.776. The van der Waals surface area contributed by atoms with Crippen LogP contribution in [0.25, 0.3) is 0 Å². The zero-order valence-corrected chi connectivity index (χ0v) is 16.1. The molecule has 2 aromatic carbocycles. The van der Waals surface area contributed by atoms with E-state index >= 15 is 0 Å². The minimum absolute atomic E-state index is 0.127. The molecule has 1 aliphatic heterocycles. The van der Waals surface area contributed by atoms with Crippen molar-refractivity contribution in [3.05, 3.63) is 71.3 Å². The molecule has 148 valence electrons. The van der Waals surface area contributed by atoms with Crippen molar-refractivity contribution in [3.63, 3.8) is 0 Å². The number of fused-ring (bicyclic) bond motifs is 1. The van der Waals surface area contributed by atoms with Crippen molar-refractivity contribution in [3.8, 4) is 0 Å². The highest BCUT2D eigenvalue weighted by molar-refractivity contribution is 5.32. The first-order valence-corrected chi connectivity index (χ1v) is 9.95. The van der Waals surface area contributed by atoms with E-state index in [0.717, 1.165) is 24.9 Å². The van der Waals surface area contributed by atoms with E-state index in [1.807, 2.05) is 42.5 Å². The fourth-order valence-corrected chi connectivity index (χ4v) is 3.44. The summed E-state index contributed by atoms with van der Waals surface area (Å²) in [4.78, 5) is 2.32. The van der Waals surface area contributed by atoms with Gasteiger partial charge in [-0.15, -0.1) is 0 Å². The van der Waals surface area contributed by atoms with E-state index in [0.29, 0.717) is 6.61 Å². The number of aliphatic hydroxyl groups is 3. The van der Waals surface area contributed by atoms with Crippen LogP contribution in [0.2, 0.25) is 0 Å². The molecule has 4 heteroatoms. The highest BCUT2D eigenvalue weighted by atomic mass is 16.3. The normalized spacial score (nSPS) is 16.6. The molecule has 1 fully saturated rings. The third kappa shape index (κ3) is 8.22. The summed E-state index contributed by atoms with van der Waals surface area (Å²) >= 11 is 0. The third-order valence-corrected chi connectivity index (χ3v) is 4.92. The minimum atomic E-state index is -0.127. The number of aliphatic hydroxyl groups excluding tert-OH is 3. The molecule has 1 saturated heterocycles. The van der Waals surface area contributed by atoms with Gasteiger partial charge in [-0.2, -0.15) is 0 Å². The van der Waals surface area contributed by atoms with Crippen LogP contribution in [0.1, 0.15) is 36.0 Å². The van der Waals surface area contributed by atoms with Crippen molar-refractivity contribution in [2.24, 2.45) is 0 Å². The lowest BCUT2D eigenvalue weighted by Gasteiger charge is -2.25. The Labute approximate surface area is 163 Å². The van der Waals surface area contributed by atoms with Gasteiger partial charge in [0.2, 0.25) is 0 Å². The first-order chi connectivity index (χ1) is 13.2. The second kappa shape index (κ2) is 12.6. The SMILES string of the molecule is OC1Cc2ccccc2C1.OCCN1CCCCC1.OCc1ccccc1. The Morgan fingerprint density at radius 2 is 1.33 bits per heavy atom. The summed E-state index contributed by atoms with van der Waals surface area (Å²) in [7, 11) is 0. The van der Waals surface area contributed by atoms with Crippen molar-refractivity contribution in [1.29, 1.82) is 0 Å². The van der Waals surface area contributed by atoms with E-state index in [2.05, 4.69) is 17.0 Å². The molecule has 1 heterocycles. The molecular weight excluding hydrogens is 338 g/mol. The molecule has 0 radical (unpaired) electrons. The van der Waals surface area contributed by atoms with Crippen LogP contribution in [0.4, 0.5) is 0 Å². The molecule has 0 unspecified atom stereocenters. The van der Waals surface area contributed by atoms with Gasteiger partial charge in [-0.25, -0.2) is 0 Å². The average Bonchev–Trinajstić information content (AvgIpc) is 3.11. The highest BCUT2D eigenvalue weighted by Gasteiger charge is 2.17. The molecule has 2 aliphatic rings. The second-order valence-electron chi connectivity index (χ2n) is 7.10. The van der Waals surface area contributed by atoms with Crippen molar-refractivity contribution in [2.45, 2.75) is 44.8 Å². The van der Waals surface area contributed by atoms with E-state index in [4.69, 9.17) is 10.2 Å². The molecule has 0 bridgehead atoms. The van der Waals surface area contributed by atoms with Crippen LogP contribution in [0, 0.1) is 0 Å². The van der Waals surface area contributed by atoms with Gasteiger partial charge < -0.3 is 20.2 Å². The lowest BCUT2D eigenvalue weighted by molar-refractivity contribution is 0.173. The minimum Gasteiger partial charge on any atom is -0.395 e. The zero-order valence-electron chi connectivity index (χ0n) is 16.1. The average molecular weight is 372 g/mol. The van der Waals surface area contributed by atoms with Gasteiger partial charge >= 0.3 is 0 Å². The summed E-state index contributed by atoms with van der Waals surface area (Å²) in [5.74, 6) is 0. The summed E-state index contributed by atoms with van der Waals surface area (Å²) in [5, 5.41) is 26.4. The molecular formula is C23H33NO3. The van der Waals surface area contributed by atoms with E-state index in [9.17, 15) is 5.11 Å². The standard InChI is InChI=1S/C9H10O.C7H15NO.C7H8O/c10-9-5-7-3-1-2-4-8(7)6-9;9-7-6-8-4-2-1-3-5-8;8-6-7-4-2-1-3-5-7/h1-4,9-10H,5-6H2;9H,1-7H2;1-5,8H,6H2. The predicted molar refractivity (Wildman–Crippen MR) is 110 cm³/mol. The number of benzene rings is 2. The number of rotatable bonds is 3. The largest absolute Gasteiger partial charge is 0.395 e. The Morgan fingerprint density at radius 1 is 0.778 bits per heavy atom. The van der Waals surface area contributed by atoms with Crippen LogP contribution in [-0.2, 0) is 19.4 Å². The molecule has 0 atom stereocenters. The number of likely N-dealkylation sites (tertiary alicyclic amines) is 1. The Bertz CT molecular complexity index is 599. The summed E-state index contributed by atoms with van der Waals surface area (Å²) in [5.41, 5.74) is 3.59. The van der Waals surface area contributed by atoms with Crippen LogP contribution in [0.15, 0.2) is 54.6 Å². The summed E-state index contributed by atoms with van der Waals surface area (Å²) in [6, 6.07) is 17.8. The maximum atomic E-state index is 9.25.